The van der Waals surface area contributed by atoms with Crippen LogP contribution in [0.4, 0.5) is 0 Å². The zero-order valence-corrected chi connectivity index (χ0v) is 10.8. The van der Waals surface area contributed by atoms with E-state index in [1.54, 1.807) is 11.3 Å². The summed E-state index contributed by atoms with van der Waals surface area (Å²) in [5.74, 6) is 0. The smallest absolute Gasteiger partial charge is 0.108 e. The molecule has 0 bridgehead atoms. The van der Waals surface area contributed by atoms with E-state index < -0.39 is 0 Å². The molecule has 4 rings (SSSR count). The van der Waals surface area contributed by atoms with Crippen LogP contribution < -0.4 is 5.32 Å². The van der Waals surface area contributed by atoms with Gasteiger partial charge in [0.1, 0.15) is 5.52 Å². The van der Waals surface area contributed by atoms with Crippen molar-refractivity contribution in [3.8, 4) is 0 Å². The highest BCUT2D eigenvalue weighted by Gasteiger charge is 2.18. The predicted molar refractivity (Wildman–Crippen MR) is 74.1 cm³/mol. The lowest BCUT2D eigenvalue weighted by atomic mass is 10.1. The molecule has 0 radical (unpaired) electrons. The van der Waals surface area contributed by atoms with Crippen LogP contribution in [0, 0.1) is 0 Å². The van der Waals surface area contributed by atoms with Crippen molar-refractivity contribution < 1.29 is 0 Å². The normalized spacial score (nSPS) is 20.8. The molecule has 0 amide bonds. The van der Waals surface area contributed by atoms with Gasteiger partial charge < -0.3 is 9.88 Å². The molecule has 4 nitrogen and oxygen atoms in total. The molecule has 0 aliphatic carbocycles. The maximum absolute atomic E-state index is 4.50. The van der Waals surface area contributed by atoms with Gasteiger partial charge in [-0.15, -0.1) is 11.3 Å². The molecular weight excluding hydrogens is 244 g/mol. The Balaban J connectivity index is 1.96. The zero-order valence-electron chi connectivity index (χ0n) is 9.97. The second-order valence-electron chi connectivity index (χ2n) is 4.78. The van der Waals surface area contributed by atoms with Crippen molar-refractivity contribution in [1.82, 2.24) is 19.9 Å². The number of aromatic nitrogens is 3. The number of thiophene rings is 1. The third-order valence-electron chi connectivity index (χ3n) is 3.67. The van der Waals surface area contributed by atoms with Crippen molar-refractivity contribution in [2.75, 3.05) is 13.1 Å². The Morgan fingerprint density at radius 1 is 1.33 bits per heavy atom. The van der Waals surface area contributed by atoms with Crippen LogP contribution in [0.15, 0.2) is 24.0 Å². The number of piperidine rings is 1. The molecule has 1 aliphatic heterocycles. The minimum Gasteiger partial charge on any atom is -0.325 e. The van der Waals surface area contributed by atoms with Gasteiger partial charge in [-0.25, -0.2) is 4.98 Å². The van der Waals surface area contributed by atoms with Gasteiger partial charge in [-0.2, -0.15) is 0 Å². The molecule has 1 aliphatic rings. The standard InChI is InChI=1S/C13H14N4S/c1-2-9(6-14-4-1)17-8-16-11-7-15-10-3-5-18-13(10)12(11)17/h3,5,7-9,14H,1-2,4,6H2/t9-/m0/s1. The molecular formula is C13H14N4S. The Kier molecular flexibility index (Phi) is 2.34. The van der Waals surface area contributed by atoms with Gasteiger partial charge in [-0.05, 0) is 30.8 Å². The van der Waals surface area contributed by atoms with E-state index in [0.29, 0.717) is 6.04 Å². The predicted octanol–water partition coefficient (Wildman–Crippen LogP) is 2.57. The summed E-state index contributed by atoms with van der Waals surface area (Å²) >= 11 is 1.76. The van der Waals surface area contributed by atoms with Crippen molar-refractivity contribution in [3.05, 3.63) is 24.0 Å². The third kappa shape index (κ3) is 1.47. The molecule has 18 heavy (non-hydrogen) atoms. The van der Waals surface area contributed by atoms with Crippen molar-refractivity contribution >= 4 is 32.6 Å². The van der Waals surface area contributed by atoms with Crippen molar-refractivity contribution in [1.29, 1.82) is 0 Å². The Hall–Kier alpha value is -1.46. The van der Waals surface area contributed by atoms with Gasteiger partial charge in [-0.3, -0.25) is 4.98 Å². The molecule has 0 saturated carbocycles. The van der Waals surface area contributed by atoms with Crippen LogP contribution in [0.2, 0.25) is 0 Å². The summed E-state index contributed by atoms with van der Waals surface area (Å²) < 4.78 is 3.60. The van der Waals surface area contributed by atoms with Crippen LogP contribution in [0.5, 0.6) is 0 Å². The van der Waals surface area contributed by atoms with E-state index in [0.717, 1.165) is 24.1 Å². The number of imidazole rings is 1. The van der Waals surface area contributed by atoms with Crippen LogP contribution in [-0.2, 0) is 0 Å². The summed E-state index contributed by atoms with van der Waals surface area (Å²) in [6.45, 7) is 2.18. The van der Waals surface area contributed by atoms with E-state index in [9.17, 15) is 0 Å². The van der Waals surface area contributed by atoms with Gasteiger partial charge in [0.05, 0.1) is 28.3 Å². The van der Waals surface area contributed by atoms with E-state index in [-0.39, 0.29) is 0 Å². The number of nitrogens with one attached hydrogen (secondary N) is 1. The van der Waals surface area contributed by atoms with Crippen LogP contribution in [0.1, 0.15) is 18.9 Å². The fourth-order valence-electron chi connectivity index (χ4n) is 2.76. The monoisotopic (exact) mass is 258 g/mol. The van der Waals surface area contributed by atoms with E-state index in [2.05, 4.69) is 31.3 Å². The molecule has 92 valence electrons. The molecule has 1 atom stereocenters. The number of hydrogen-bond acceptors (Lipinski definition) is 4. The average molecular weight is 258 g/mol. The first-order chi connectivity index (χ1) is 8.93. The van der Waals surface area contributed by atoms with Crippen LogP contribution in [-0.4, -0.2) is 27.6 Å². The maximum atomic E-state index is 4.50. The second-order valence-corrected chi connectivity index (χ2v) is 5.70. The average Bonchev–Trinajstić information content (AvgIpc) is 3.05. The van der Waals surface area contributed by atoms with Gasteiger partial charge in [0.2, 0.25) is 0 Å². The Labute approximate surface area is 109 Å². The lowest BCUT2D eigenvalue weighted by molar-refractivity contribution is 0.378. The van der Waals surface area contributed by atoms with Gasteiger partial charge >= 0.3 is 0 Å². The van der Waals surface area contributed by atoms with Gasteiger partial charge in [0.25, 0.3) is 0 Å². The van der Waals surface area contributed by atoms with Crippen LogP contribution in [0.25, 0.3) is 21.3 Å². The second kappa shape index (κ2) is 4.03. The molecule has 0 spiro atoms. The number of nitrogens with zero attached hydrogens (tertiary/aromatic N) is 3. The highest BCUT2D eigenvalue weighted by Crippen LogP contribution is 2.30. The maximum Gasteiger partial charge on any atom is 0.108 e. The summed E-state index contributed by atoms with van der Waals surface area (Å²) in [7, 11) is 0. The summed E-state index contributed by atoms with van der Waals surface area (Å²) in [4.78, 5) is 8.95. The number of pyridine rings is 1. The summed E-state index contributed by atoms with van der Waals surface area (Å²) in [6, 6.07) is 2.60. The first-order valence-electron chi connectivity index (χ1n) is 6.33. The molecule has 1 fully saturated rings. The fraction of sp³-hybridized carbons (Fsp3) is 0.385. The topological polar surface area (TPSA) is 42.7 Å². The van der Waals surface area contributed by atoms with Crippen molar-refractivity contribution in [3.63, 3.8) is 0 Å². The molecule has 3 aromatic heterocycles. The zero-order chi connectivity index (χ0) is 11.9. The molecule has 3 aromatic rings. The van der Waals surface area contributed by atoms with E-state index >= 15 is 0 Å². The van der Waals surface area contributed by atoms with E-state index in [4.69, 9.17) is 0 Å². The molecule has 1 N–H and O–H groups in total. The van der Waals surface area contributed by atoms with E-state index in [1.807, 2.05) is 12.5 Å². The quantitative estimate of drug-likeness (QED) is 0.729. The number of hydrogen-bond donors (Lipinski definition) is 1. The van der Waals surface area contributed by atoms with Crippen molar-refractivity contribution in [2.24, 2.45) is 0 Å². The largest absolute Gasteiger partial charge is 0.325 e. The van der Waals surface area contributed by atoms with Crippen molar-refractivity contribution in [2.45, 2.75) is 18.9 Å². The fourth-order valence-corrected chi connectivity index (χ4v) is 3.66. The third-order valence-corrected chi connectivity index (χ3v) is 4.58. The Morgan fingerprint density at radius 2 is 2.33 bits per heavy atom. The van der Waals surface area contributed by atoms with Gasteiger partial charge in [-0.1, -0.05) is 0 Å². The first kappa shape index (κ1) is 10.5. The molecule has 4 heterocycles. The molecule has 0 unspecified atom stereocenters. The minimum atomic E-state index is 0.524. The Morgan fingerprint density at radius 3 is 3.22 bits per heavy atom. The van der Waals surface area contributed by atoms with E-state index in [1.165, 1.54) is 23.1 Å². The Bertz CT molecular complexity index is 693. The lowest BCUT2D eigenvalue weighted by Crippen LogP contribution is -2.31. The van der Waals surface area contributed by atoms with Gasteiger partial charge in [0, 0.05) is 12.6 Å². The summed E-state index contributed by atoms with van der Waals surface area (Å²) in [6.07, 6.45) is 6.33. The number of rotatable bonds is 1. The highest BCUT2D eigenvalue weighted by atomic mass is 32.1. The van der Waals surface area contributed by atoms with Crippen LogP contribution >= 0.6 is 11.3 Å². The van der Waals surface area contributed by atoms with Gasteiger partial charge in [0.15, 0.2) is 0 Å². The summed E-state index contributed by atoms with van der Waals surface area (Å²) in [5, 5.41) is 5.57. The lowest BCUT2D eigenvalue weighted by Gasteiger charge is -2.24. The van der Waals surface area contributed by atoms with Crippen LogP contribution in [0.3, 0.4) is 0 Å². The molecule has 1 saturated heterocycles. The highest BCUT2D eigenvalue weighted by molar-refractivity contribution is 7.18. The summed E-state index contributed by atoms with van der Waals surface area (Å²) in [5.41, 5.74) is 3.34. The SMILES string of the molecule is c1cc2ncc3ncn([C@H]4CCCNC4)c3c2s1. The number of fused-ring (bicyclic) bond motifs is 3. The first-order valence-corrected chi connectivity index (χ1v) is 7.21. The molecule has 0 aromatic carbocycles. The molecule has 5 heteroatoms. The minimum absolute atomic E-state index is 0.524.